The van der Waals surface area contributed by atoms with Gasteiger partial charge in [0.2, 0.25) is 0 Å². The number of anilines is 1. The maximum Gasteiger partial charge on any atom is 0.0578 e. The van der Waals surface area contributed by atoms with Crippen molar-refractivity contribution in [1.29, 1.82) is 0 Å². The van der Waals surface area contributed by atoms with Crippen molar-refractivity contribution in [2.24, 2.45) is 0 Å². The van der Waals surface area contributed by atoms with Gasteiger partial charge in [0.05, 0.1) is 6.04 Å². The molecule has 1 nitrogen and oxygen atoms in total. The second-order valence-corrected chi connectivity index (χ2v) is 4.80. The van der Waals surface area contributed by atoms with Crippen LogP contribution in [0, 0.1) is 0 Å². The molecule has 0 aliphatic rings. The molecule has 1 heterocycles. The van der Waals surface area contributed by atoms with Crippen LogP contribution in [-0.2, 0) is 0 Å². The van der Waals surface area contributed by atoms with Crippen LogP contribution in [0.2, 0.25) is 5.02 Å². The number of nitrogens with one attached hydrogen (secondary N) is 1. The quantitative estimate of drug-likeness (QED) is 0.824. The molecule has 0 unspecified atom stereocenters. The fourth-order valence-corrected chi connectivity index (χ4v) is 2.27. The summed E-state index contributed by atoms with van der Waals surface area (Å²) in [4.78, 5) is 1.34. The number of rotatable bonds is 3. The summed E-state index contributed by atoms with van der Waals surface area (Å²) in [5.41, 5.74) is 1.10. The first-order chi connectivity index (χ1) is 7.25. The molecule has 0 spiro atoms. The van der Waals surface area contributed by atoms with E-state index in [0.717, 1.165) is 10.7 Å². The van der Waals surface area contributed by atoms with E-state index in [9.17, 15) is 0 Å². The van der Waals surface area contributed by atoms with Gasteiger partial charge in [0.15, 0.2) is 0 Å². The zero-order valence-corrected chi connectivity index (χ0v) is 9.98. The van der Waals surface area contributed by atoms with Crippen molar-refractivity contribution in [3.63, 3.8) is 0 Å². The molecule has 1 aromatic carbocycles. The standard InChI is InChI=1S/C12H12ClNS/c1-9(12-3-2-8-15-12)14-11-6-4-10(13)5-7-11/h2-9,14H,1H3/t9-/m1/s1. The fourth-order valence-electron chi connectivity index (χ4n) is 1.40. The number of benzene rings is 1. The van der Waals surface area contributed by atoms with Gasteiger partial charge in [-0.15, -0.1) is 11.3 Å². The van der Waals surface area contributed by atoms with Crippen molar-refractivity contribution in [1.82, 2.24) is 0 Å². The molecular weight excluding hydrogens is 226 g/mol. The van der Waals surface area contributed by atoms with Gasteiger partial charge in [0.1, 0.15) is 0 Å². The third kappa shape index (κ3) is 2.74. The topological polar surface area (TPSA) is 12.0 Å². The van der Waals surface area contributed by atoms with Crippen LogP contribution < -0.4 is 5.32 Å². The van der Waals surface area contributed by atoms with Gasteiger partial charge in [-0.3, -0.25) is 0 Å². The summed E-state index contributed by atoms with van der Waals surface area (Å²) >= 11 is 7.59. The molecule has 15 heavy (non-hydrogen) atoms. The SMILES string of the molecule is C[C@@H](Nc1ccc(Cl)cc1)c1cccs1. The van der Waals surface area contributed by atoms with E-state index in [1.54, 1.807) is 11.3 Å². The van der Waals surface area contributed by atoms with Gasteiger partial charge in [0.25, 0.3) is 0 Å². The van der Waals surface area contributed by atoms with E-state index in [-0.39, 0.29) is 0 Å². The van der Waals surface area contributed by atoms with Crippen molar-refractivity contribution >= 4 is 28.6 Å². The second kappa shape index (κ2) is 4.69. The molecule has 0 fully saturated rings. The molecule has 2 aromatic rings. The summed E-state index contributed by atoms with van der Waals surface area (Å²) in [5.74, 6) is 0. The number of hydrogen-bond acceptors (Lipinski definition) is 2. The van der Waals surface area contributed by atoms with Crippen molar-refractivity contribution in [2.75, 3.05) is 5.32 Å². The van der Waals surface area contributed by atoms with E-state index in [2.05, 4.69) is 29.8 Å². The Hall–Kier alpha value is -0.990. The highest BCUT2D eigenvalue weighted by atomic mass is 35.5. The van der Waals surface area contributed by atoms with Crippen molar-refractivity contribution in [3.05, 3.63) is 51.7 Å². The maximum atomic E-state index is 5.82. The smallest absolute Gasteiger partial charge is 0.0578 e. The van der Waals surface area contributed by atoms with Crippen LogP contribution in [0.25, 0.3) is 0 Å². The normalized spacial score (nSPS) is 12.4. The molecule has 0 bridgehead atoms. The maximum absolute atomic E-state index is 5.82. The molecule has 0 aliphatic heterocycles. The molecule has 0 saturated heterocycles. The average molecular weight is 238 g/mol. The number of hydrogen-bond donors (Lipinski definition) is 1. The Labute approximate surface area is 98.7 Å². The molecule has 2 rings (SSSR count). The second-order valence-electron chi connectivity index (χ2n) is 3.39. The highest BCUT2D eigenvalue weighted by molar-refractivity contribution is 7.10. The molecule has 0 aliphatic carbocycles. The Morgan fingerprint density at radius 2 is 1.93 bits per heavy atom. The Morgan fingerprint density at radius 3 is 2.53 bits per heavy atom. The van der Waals surface area contributed by atoms with Crippen LogP contribution >= 0.6 is 22.9 Å². The highest BCUT2D eigenvalue weighted by Crippen LogP contribution is 2.23. The zero-order chi connectivity index (χ0) is 10.7. The minimum atomic E-state index is 0.339. The predicted molar refractivity (Wildman–Crippen MR) is 67.8 cm³/mol. The van der Waals surface area contributed by atoms with Crippen LogP contribution in [0.1, 0.15) is 17.8 Å². The van der Waals surface area contributed by atoms with Crippen LogP contribution in [0.3, 0.4) is 0 Å². The van der Waals surface area contributed by atoms with Gasteiger partial charge in [-0.2, -0.15) is 0 Å². The van der Waals surface area contributed by atoms with E-state index in [1.165, 1.54) is 4.88 Å². The molecule has 1 N–H and O–H groups in total. The molecule has 3 heteroatoms. The third-order valence-corrected chi connectivity index (χ3v) is 3.50. The lowest BCUT2D eigenvalue weighted by Crippen LogP contribution is -2.04. The van der Waals surface area contributed by atoms with E-state index in [0.29, 0.717) is 6.04 Å². The molecule has 0 saturated carbocycles. The van der Waals surface area contributed by atoms with Crippen LogP contribution in [-0.4, -0.2) is 0 Å². The Balaban J connectivity index is 2.06. The van der Waals surface area contributed by atoms with E-state index < -0.39 is 0 Å². The summed E-state index contributed by atoms with van der Waals surface area (Å²) in [6.07, 6.45) is 0. The van der Waals surface area contributed by atoms with Gasteiger partial charge < -0.3 is 5.32 Å². The average Bonchev–Trinajstić information content (AvgIpc) is 2.74. The molecule has 1 aromatic heterocycles. The molecule has 1 atom stereocenters. The fraction of sp³-hybridized carbons (Fsp3) is 0.167. The van der Waals surface area contributed by atoms with Crippen molar-refractivity contribution in [3.8, 4) is 0 Å². The van der Waals surface area contributed by atoms with Gasteiger partial charge in [-0.1, -0.05) is 17.7 Å². The monoisotopic (exact) mass is 237 g/mol. The largest absolute Gasteiger partial charge is 0.378 e. The van der Waals surface area contributed by atoms with Crippen LogP contribution in [0.5, 0.6) is 0 Å². The van der Waals surface area contributed by atoms with E-state index in [1.807, 2.05) is 24.3 Å². The van der Waals surface area contributed by atoms with Gasteiger partial charge >= 0.3 is 0 Å². The summed E-state index contributed by atoms with van der Waals surface area (Å²) < 4.78 is 0. The summed E-state index contributed by atoms with van der Waals surface area (Å²) in [7, 11) is 0. The van der Waals surface area contributed by atoms with Crippen molar-refractivity contribution < 1.29 is 0 Å². The third-order valence-electron chi connectivity index (χ3n) is 2.20. The Morgan fingerprint density at radius 1 is 1.20 bits per heavy atom. The minimum absolute atomic E-state index is 0.339. The van der Waals surface area contributed by atoms with Gasteiger partial charge in [-0.05, 0) is 42.6 Å². The van der Waals surface area contributed by atoms with Gasteiger partial charge in [-0.25, -0.2) is 0 Å². The number of thiophene rings is 1. The summed E-state index contributed by atoms with van der Waals surface area (Å²) in [5, 5.41) is 6.28. The molecule has 78 valence electrons. The molecule has 0 amide bonds. The molecular formula is C12H12ClNS. The summed E-state index contributed by atoms with van der Waals surface area (Å²) in [6, 6.07) is 12.3. The zero-order valence-electron chi connectivity index (χ0n) is 8.41. The van der Waals surface area contributed by atoms with E-state index in [4.69, 9.17) is 11.6 Å². The first-order valence-electron chi connectivity index (χ1n) is 4.81. The van der Waals surface area contributed by atoms with E-state index >= 15 is 0 Å². The highest BCUT2D eigenvalue weighted by Gasteiger charge is 2.05. The first-order valence-corrected chi connectivity index (χ1v) is 6.07. The predicted octanol–water partition coefficient (Wildman–Crippen LogP) is 4.57. The Kier molecular flexibility index (Phi) is 3.29. The minimum Gasteiger partial charge on any atom is -0.378 e. The first kappa shape index (κ1) is 10.5. The lowest BCUT2D eigenvalue weighted by molar-refractivity contribution is 0.908. The lowest BCUT2D eigenvalue weighted by atomic mass is 10.2. The van der Waals surface area contributed by atoms with Crippen LogP contribution in [0.15, 0.2) is 41.8 Å². The summed E-state index contributed by atoms with van der Waals surface area (Å²) in [6.45, 7) is 2.15. The van der Waals surface area contributed by atoms with Crippen molar-refractivity contribution in [2.45, 2.75) is 13.0 Å². The van der Waals surface area contributed by atoms with Gasteiger partial charge in [0, 0.05) is 15.6 Å². The lowest BCUT2D eigenvalue weighted by Gasteiger charge is -2.13. The molecule has 0 radical (unpaired) electrons. The van der Waals surface area contributed by atoms with Crippen LogP contribution in [0.4, 0.5) is 5.69 Å². The Bertz CT molecular complexity index is 408. The number of halogens is 1.